The lowest BCUT2D eigenvalue weighted by molar-refractivity contribution is 0.372. The highest BCUT2D eigenvalue weighted by Gasteiger charge is 2.11. The van der Waals surface area contributed by atoms with Crippen LogP contribution < -0.4 is 5.73 Å². The standard InChI is InChI=1S/C11H14N4O/c1-7-3-4-13-6-9(7)11-14-10(16-15-11)5-8(2)12/h3-4,6,8H,5,12H2,1-2H3. The zero-order valence-corrected chi connectivity index (χ0v) is 9.34. The second-order valence-electron chi connectivity index (χ2n) is 3.88. The summed E-state index contributed by atoms with van der Waals surface area (Å²) >= 11 is 0. The third kappa shape index (κ3) is 2.25. The minimum absolute atomic E-state index is 0.0169. The lowest BCUT2D eigenvalue weighted by Crippen LogP contribution is -2.17. The Labute approximate surface area is 93.7 Å². The summed E-state index contributed by atoms with van der Waals surface area (Å²) in [5.41, 5.74) is 7.63. The topological polar surface area (TPSA) is 77.8 Å². The van der Waals surface area contributed by atoms with E-state index < -0.39 is 0 Å². The van der Waals surface area contributed by atoms with Gasteiger partial charge in [-0.2, -0.15) is 4.98 Å². The number of hydrogen-bond acceptors (Lipinski definition) is 5. The fourth-order valence-electron chi connectivity index (χ4n) is 1.42. The monoisotopic (exact) mass is 218 g/mol. The Balaban J connectivity index is 2.28. The normalized spacial score (nSPS) is 12.7. The Morgan fingerprint density at radius 1 is 1.50 bits per heavy atom. The van der Waals surface area contributed by atoms with E-state index in [1.54, 1.807) is 12.4 Å². The lowest BCUT2D eigenvalue weighted by Gasteiger charge is -1.98. The van der Waals surface area contributed by atoms with Gasteiger partial charge in [0.1, 0.15) is 0 Å². The van der Waals surface area contributed by atoms with Gasteiger partial charge in [0.25, 0.3) is 0 Å². The summed E-state index contributed by atoms with van der Waals surface area (Å²) in [6.07, 6.45) is 4.06. The molecule has 5 heteroatoms. The Morgan fingerprint density at radius 2 is 2.31 bits per heavy atom. The number of pyridine rings is 1. The first-order valence-electron chi connectivity index (χ1n) is 5.16. The molecule has 2 N–H and O–H groups in total. The minimum Gasteiger partial charge on any atom is -0.339 e. The van der Waals surface area contributed by atoms with E-state index in [1.165, 1.54) is 0 Å². The van der Waals surface area contributed by atoms with Crippen LogP contribution in [0.2, 0.25) is 0 Å². The summed E-state index contributed by atoms with van der Waals surface area (Å²) in [6, 6.07) is 1.93. The largest absolute Gasteiger partial charge is 0.339 e. The lowest BCUT2D eigenvalue weighted by atomic mass is 10.1. The molecule has 2 rings (SSSR count). The third-order valence-corrected chi connectivity index (χ3v) is 2.24. The Morgan fingerprint density at radius 3 is 3.00 bits per heavy atom. The van der Waals surface area contributed by atoms with Crippen molar-refractivity contribution in [2.75, 3.05) is 0 Å². The van der Waals surface area contributed by atoms with Crippen molar-refractivity contribution in [2.45, 2.75) is 26.3 Å². The first-order chi connectivity index (χ1) is 7.66. The molecule has 0 aliphatic carbocycles. The van der Waals surface area contributed by atoms with E-state index in [1.807, 2.05) is 19.9 Å². The molecule has 0 saturated carbocycles. The van der Waals surface area contributed by atoms with Crippen molar-refractivity contribution in [1.29, 1.82) is 0 Å². The predicted octanol–water partition coefficient (Wildman–Crippen LogP) is 1.33. The molecule has 0 bridgehead atoms. The summed E-state index contributed by atoms with van der Waals surface area (Å²) in [5, 5.41) is 3.92. The van der Waals surface area contributed by atoms with Gasteiger partial charge in [-0.05, 0) is 25.5 Å². The molecular formula is C11H14N4O. The van der Waals surface area contributed by atoms with Gasteiger partial charge >= 0.3 is 0 Å². The maximum atomic E-state index is 5.66. The Hall–Kier alpha value is -1.75. The number of hydrogen-bond donors (Lipinski definition) is 1. The van der Waals surface area contributed by atoms with Crippen molar-refractivity contribution in [3.63, 3.8) is 0 Å². The van der Waals surface area contributed by atoms with Gasteiger partial charge in [0.15, 0.2) is 0 Å². The molecule has 1 unspecified atom stereocenters. The molecule has 2 aromatic heterocycles. The zero-order valence-electron chi connectivity index (χ0n) is 9.34. The summed E-state index contributed by atoms with van der Waals surface area (Å²) in [7, 11) is 0. The number of aromatic nitrogens is 3. The molecule has 5 nitrogen and oxygen atoms in total. The van der Waals surface area contributed by atoms with Crippen molar-refractivity contribution in [3.8, 4) is 11.4 Å². The second kappa shape index (κ2) is 4.40. The van der Waals surface area contributed by atoms with Crippen LogP contribution in [0.25, 0.3) is 11.4 Å². The van der Waals surface area contributed by atoms with Crippen molar-refractivity contribution >= 4 is 0 Å². The Bertz CT molecular complexity index is 478. The molecule has 0 spiro atoms. The van der Waals surface area contributed by atoms with Crippen LogP contribution >= 0.6 is 0 Å². The SMILES string of the molecule is Cc1ccncc1-c1noc(CC(C)N)n1. The van der Waals surface area contributed by atoms with Crippen LogP contribution in [0.4, 0.5) is 0 Å². The van der Waals surface area contributed by atoms with Gasteiger partial charge in [-0.1, -0.05) is 5.16 Å². The second-order valence-corrected chi connectivity index (χ2v) is 3.88. The molecule has 0 aliphatic heterocycles. The molecule has 0 radical (unpaired) electrons. The molecule has 1 atom stereocenters. The molecule has 0 fully saturated rings. The zero-order chi connectivity index (χ0) is 11.5. The van der Waals surface area contributed by atoms with Crippen molar-refractivity contribution in [1.82, 2.24) is 15.1 Å². The minimum atomic E-state index is 0.0169. The average Bonchev–Trinajstić information content (AvgIpc) is 2.66. The molecule has 0 amide bonds. The fraction of sp³-hybridized carbons (Fsp3) is 0.364. The van der Waals surface area contributed by atoms with Crippen LogP contribution in [-0.2, 0) is 6.42 Å². The van der Waals surface area contributed by atoms with Crippen molar-refractivity contribution in [3.05, 3.63) is 29.9 Å². The van der Waals surface area contributed by atoms with Crippen LogP contribution in [0, 0.1) is 6.92 Å². The first kappa shape index (κ1) is 10.8. The summed E-state index contributed by atoms with van der Waals surface area (Å²) in [6.45, 7) is 3.89. The van der Waals surface area contributed by atoms with Crippen LogP contribution in [0.3, 0.4) is 0 Å². The van der Waals surface area contributed by atoms with Gasteiger partial charge in [0.2, 0.25) is 11.7 Å². The molecule has 16 heavy (non-hydrogen) atoms. The summed E-state index contributed by atoms with van der Waals surface area (Å²) in [5.74, 6) is 1.13. The van der Waals surface area contributed by atoms with E-state index in [9.17, 15) is 0 Å². The quantitative estimate of drug-likeness (QED) is 0.840. The van der Waals surface area contributed by atoms with Crippen molar-refractivity contribution in [2.24, 2.45) is 5.73 Å². The molecule has 0 aromatic carbocycles. The van der Waals surface area contributed by atoms with Crippen LogP contribution in [-0.4, -0.2) is 21.2 Å². The molecule has 0 saturated heterocycles. The van der Waals surface area contributed by atoms with E-state index in [4.69, 9.17) is 10.3 Å². The molecule has 84 valence electrons. The van der Waals surface area contributed by atoms with Gasteiger partial charge in [0, 0.05) is 30.4 Å². The highest BCUT2D eigenvalue weighted by atomic mass is 16.5. The Kier molecular flexibility index (Phi) is 2.96. The van der Waals surface area contributed by atoms with Gasteiger partial charge in [0.05, 0.1) is 0 Å². The molecule has 2 heterocycles. The van der Waals surface area contributed by atoms with E-state index in [-0.39, 0.29) is 6.04 Å². The van der Waals surface area contributed by atoms with Crippen LogP contribution in [0.15, 0.2) is 23.0 Å². The van der Waals surface area contributed by atoms with Crippen LogP contribution in [0.5, 0.6) is 0 Å². The van der Waals surface area contributed by atoms with E-state index in [0.717, 1.165) is 11.1 Å². The summed E-state index contributed by atoms with van der Waals surface area (Å²) < 4.78 is 5.12. The molecular weight excluding hydrogens is 204 g/mol. The van der Waals surface area contributed by atoms with E-state index in [0.29, 0.717) is 18.1 Å². The average molecular weight is 218 g/mol. The number of nitrogens with zero attached hydrogens (tertiary/aromatic N) is 3. The van der Waals surface area contributed by atoms with E-state index >= 15 is 0 Å². The highest BCUT2D eigenvalue weighted by Crippen LogP contribution is 2.18. The molecule has 2 aromatic rings. The van der Waals surface area contributed by atoms with Gasteiger partial charge in [-0.25, -0.2) is 0 Å². The number of aryl methyl sites for hydroxylation is 1. The van der Waals surface area contributed by atoms with Crippen molar-refractivity contribution < 1.29 is 4.52 Å². The van der Waals surface area contributed by atoms with E-state index in [2.05, 4.69) is 15.1 Å². The summed E-state index contributed by atoms with van der Waals surface area (Å²) in [4.78, 5) is 8.33. The van der Waals surface area contributed by atoms with Crippen LogP contribution in [0.1, 0.15) is 18.4 Å². The van der Waals surface area contributed by atoms with Gasteiger partial charge < -0.3 is 10.3 Å². The highest BCUT2D eigenvalue weighted by molar-refractivity contribution is 5.57. The fourth-order valence-corrected chi connectivity index (χ4v) is 1.42. The number of rotatable bonds is 3. The maximum absolute atomic E-state index is 5.66. The van der Waals surface area contributed by atoms with Gasteiger partial charge in [-0.15, -0.1) is 0 Å². The molecule has 0 aliphatic rings. The van der Waals surface area contributed by atoms with Gasteiger partial charge in [-0.3, -0.25) is 4.98 Å². The smallest absolute Gasteiger partial charge is 0.228 e. The predicted molar refractivity (Wildman–Crippen MR) is 59.6 cm³/mol. The number of nitrogens with two attached hydrogens (primary N) is 1. The third-order valence-electron chi connectivity index (χ3n) is 2.24. The maximum Gasteiger partial charge on any atom is 0.228 e. The first-order valence-corrected chi connectivity index (χ1v) is 5.16.